The van der Waals surface area contributed by atoms with E-state index in [1.54, 1.807) is 52.6 Å². The van der Waals surface area contributed by atoms with Crippen LogP contribution < -0.4 is 0 Å². The summed E-state index contributed by atoms with van der Waals surface area (Å²) in [5.74, 6) is 1.88. The van der Waals surface area contributed by atoms with Crippen LogP contribution >= 0.6 is 34.0 Å². The topological polar surface area (TPSA) is 155 Å². The fraction of sp³-hybridized carbons (Fsp3) is 0.0541. The average Bonchev–Trinajstić information content (AvgIpc) is 1.77. The van der Waals surface area contributed by atoms with Crippen molar-refractivity contribution < 1.29 is 73.6 Å². The zero-order valence-corrected chi connectivity index (χ0v) is 80.3. The molecule has 12 heterocycles. The molecule has 0 bridgehead atoms. The molecule has 0 amide bonds. The molecular weight excluding hydrogens is 2180 g/mol. The number of oxazole rings is 3. The van der Waals surface area contributed by atoms with Crippen LogP contribution in [0, 0.1) is 96.1 Å². The Kier molecular flexibility index (Phi) is 33.5. The monoisotopic (exact) mass is 2260 g/mol. The summed E-state index contributed by atoms with van der Waals surface area (Å²) in [6.45, 7) is 12.5. The van der Waals surface area contributed by atoms with Gasteiger partial charge in [-0.1, -0.05) is 210 Å². The molecule has 0 unspecified atom stereocenters. The quantitative estimate of drug-likeness (QED) is 0.115. The third-order valence-corrected chi connectivity index (χ3v) is 22.4. The van der Waals surface area contributed by atoms with Crippen LogP contribution in [0.25, 0.3) is 164 Å². The predicted molar refractivity (Wildman–Crippen MR) is 517 cm³/mol. The number of aromatic nitrogens is 9. The first-order valence-electron chi connectivity index (χ1n) is 40.6. The Labute approximate surface area is 801 Å². The molecule has 0 fully saturated rings. The zero-order valence-electron chi connectivity index (χ0n) is 70.6. The summed E-state index contributed by atoms with van der Waals surface area (Å²) in [5, 5.41) is 12.5. The second-order valence-corrected chi connectivity index (χ2v) is 32.1. The minimum atomic E-state index is 0. The normalized spacial score (nSPS) is 10.4. The van der Waals surface area contributed by atoms with E-state index in [0.717, 1.165) is 114 Å². The summed E-state index contributed by atoms with van der Waals surface area (Å²) in [4.78, 5) is 45.0. The number of para-hydroxylation sites is 6. The number of rotatable bonds is 6. The van der Waals surface area contributed by atoms with E-state index in [1.807, 2.05) is 287 Å². The number of hydrogen-bond donors (Lipinski definition) is 0. The summed E-state index contributed by atoms with van der Waals surface area (Å²) < 4.78 is 16.9. The van der Waals surface area contributed by atoms with Gasteiger partial charge in [0.2, 0.25) is 0 Å². The summed E-state index contributed by atoms with van der Waals surface area (Å²) in [6.07, 6.45) is 10.9. The minimum Gasteiger partial charge on any atom is -0.481 e. The Balaban J connectivity index is 0.000000124. The first-order valence-corrected chi connectivity index (χ1v) is 43.1. The van der Waals surface area contributed by atoms with Crippen LogP contribution in [-0.2, 0) is 60.3 Å². The van der Waals surface area contributed by atoms with E-state index in [2.05, 4.69) is 200 Å². The Morgan fingerprint density at radius 2 is 0.643 bits per heavy atom. The van der Waals surface area contributed by atoms with Gasteiger partial charge in [-0.2, -0.15) is 36.4 Å². The number of nitrogens with zero attached hydrogens (tertiary/aromatic N) is 9. The standard InChI is InChI=1S/2C14H10NO.2C14H10N.C13H8NO.C13H8N.2C10H8NS.C9H6NS.3Ir/c2*1-10-5-4-6-11(9-10)14-15-12-7-2-3-8-13(12)16-14;2*1-10-4-2-6-13-12(10)8-7-11-5-3-9-15-14(11)13;1-2-6-10(7-3-1)13-14-11-8-4-5-9-12(11)15-13;1-2-6-12-10(4-1)7-8-11-5-3-9-14-13(11)12;2*1-8-5-6-10(12-8)9-4-2-3-7-11-9;1-2-6-10-8(4-1)9-5-3-7-11-9;;;/h2*2-5,7-9H,1H3;2*2-5,7-9H,1H3;1-6,8-9H;1-5,7-9H;2*2-5,7H,1H3;1-4,6-7H;;;/q9*-1;3*+3. The number of pyridine rings is 6. The molecule has 0 aliphatic heterocycles. The molecule has 0 radical (unpaired) electrons. The fourth-order valence-electron chi connectivity index (χ4n) is 13.4. The second-order valence-electron chi connectivity index (χ2n) is 28.7. The van der Waals surface area contributed by atoms with Crippen molar-refractivity contribution in [2.45, 2.75) is 41.5 Å². The van der Waals surface area contributed by atoms with Crippen LogP contribution in [-0.4, -0.2) is 44.9 Å². The Hall–Kier alpha value is -13.4. The van der Waals surface area contributed by atoms with E-state index in [1.165, 1.54) is 64.3 Å². The van der Waals surface area contributed by atoms with Crippen LogP contribution in [0.1, 0.15) is 32.0 Å². The molecule has 0 aliphatic carbocycles. The van der Waals surface area contributed by atoms with Crippen molar-refractivity contribution in [3.8, 4) is 66.1 Å². The first kappa shape index (κ1) is 93.2. The van der Waals surface area contributed by atoms with Gasteiger partial charge >= 0.3 is 60.3 Å². The van der Waals surface area contributed by atoms with Crippen molar-refractivity contribution in [1.29, 1.82) is 0 Å². The average molecular weight is 2260 g/mol. The molecule has 24 aromatic rings. The van der Waals surface area contributed by atoms with Crippen LogP contribution in [0.4, 0.5) is 0 Å². The van der Waals surface area contributed by atoms with Gasteiger partial charge in [-0.3, -0.25) is 15.0 Å². The summed E-state index contributed by atoms with van der Waals surface area (Å²) in [5.41, 5.74) is 18.8. The van der Waals surface area contributed by atoms with Gasteiger partial charge in [0, 0.05) is 37.2 Å². The molecular formula is C111H78Ir3N9O3S3. The molecule has 18 heteroatoms. The number of aryl methyl sites for hydroxylation is 6. The number of benzene rings is 12. The zero-order chi connectivity index (χ0) is 86.2. The van der Waals surface area contributed by atoms with Crippen LogP contribution in [0.15, 0.2) is 377 Å². The number of thiophene rings is 3. The van der Waals surface area contributed by atoms with Gasteiger partial charge in [0.15, 0.2) is 0 Å². The van der Waals surface area contributed by atoms with Crippen molar-refractivity contribution in [3.05, 3.63) is 451 Å². The smallest absolute Gasteiger partial charge is 0.481 e. The Morgan fingerprint density at radius 3 is 1.05 bits per heavy atom. The SMILES string of the molecule is Cc1c[c-]c(-c2ccccn2)s1.Cc1c[c-]c(-c2ccccn2)s1.Cc1cc[c-]c(-c2nc3ccccc3o2)c1.Cc1cc[c-]c(-c2nc3ccccc3o2)c1.Cc1cc[c-]c2c1ccc1cccnc12.Cc1cc[c-]c2c1ccc1cccnc12.[Ir+3].[Ir+3].[Ir+3].[c-]1cccc2ccc3cccnc3c12.[c-]1ccccc1-c1nc2ccccc2o1.[c-]1ccsc1-c1ccccn1. The third-order valence-electron chi connectivity index (χ3n) is 19.6. The maximum absolute atomic E-state index is 5.67. The maximum Gasteiger partial charge on any atom is 3.00 e. The van der Waals surface area contributed by atoms with Crippen molar-refractivity contribution in [3.63, 3.8) is 0 Å². The predicted octanol–water partition coefficient (Wildman–Crippen LogP) is 29.1. The molecule has 12 aromatic carbocycles. The van der Waals surface area contributed by atoms with E-state index in [0.29, 0.717) is 17.7 Å². The largest absolute Gasteiger partial charge is 3.00 e. The van der Waals surface area contributed by atoms with Gasteiger partial charge in [0.05, 0.1) is 16.6 Å². The third kappa shape index (κ3) is 24.5. The van der Waals surface area contributed by atoms with E-state index in [9.17, 15) is 0 Å². The number of fused-ring (bicyclic) bond motifs is 12. The maximum atomic E-state index is 5.67. The fourth-order valence-corrected chi connectivity index (χ4v) is 15.7. The molecule has 0 saturated heterocycles. The Morgan fingerprint density at radius 1 is 0.271 bits per heavy atom. The van der Waals surface area contributed by atoms with Crippen molar-refractivity contribution in [1.82, 2.24) is 44.9 Å². The summed E-state index contributed by atoms with van der Waals surface area (Å²) in [7, 11) is 0. The molecule has 0 N–H and O–H groups in total. The summed E-state index contributed by atoms with van der Waals surface area (Å²) >= 11 is 5.10. The van der Waals surface area contributed by atoms with Gasteiger partial charge < -0.3 is 43.2 Å². The van der Waals surface area contributed by atoms with Gasteiger partial charge in [-0.05, 0) is 123 Å². The second kappa shape index (κ2) is 46.3. The van der Waals surface area contributed by atoms with E-state index >= 15 is 0 Å². The molecule has 12 aromatic heterocycles. The van der Waals surface area contributed by atoms with Crippen molar-refractivity contribution in [2.24, 2.45) is 0 Å². The van der Waals surface area contributed by atoms with Gasteiger partial charge in [0.1, 0.15) is 34.4 Å². The minimum absolute atomic E-state index is 0. The van der Waals surface area contributed by atoms with Crippen LogP contribution in [0.5, 0.6) is 0 Å². The van der Waals surface area contributed by atoms with Gasteiger partial charge in [-0.25, -0.2) is 34.0 Å². The van der Waals surface area contributed by atoms with Gasteiger partial charge in [-0.15, -0.1) is 199 Å². The van der Waals surface area contributed by atoms with E-state index < -0.39 is 0 Å². The molecule has 0 saturated carbocycles. The molecule has 0 atom stereocenters. The van der Waals surface area contributed by atoms with Gasteiger partial charge in [0.25, 0.3) is 0 Å². The summed E-state index contributed by atoms with van der Waals surface area (Å²) in [6, 6.07) is 134. The van der Waals surface area contributed by atoms with Crippen molar-refractivity contribution >= 4 is 132 Å². The molecule has 0 aliphatic rings. The van der Waals surface area contributed by atoms with Crippen molar-refractivity contribution in [2.75, 3.05) is 0 Å². The van der Waals surface area contributed by atoms with Crippen LogP contribution in [0.3, 0.4) is 0 Å². The van der Waals surface area contributed by atoms with E-state index in [-0.39, 0.29) is 60.3 Å². The molecule has 129 heavy (non-hydrogen) atoms. The van der Waals surface area contributed by atoms with E-state index in [4.69, 9.17) is 13.3 Å². The molecule has 12 nitrogen and oxygen atoms in total. The first-order chi connectivity index (χ1) is 61.9. The Bertz CT molecular complexity index is 7200. The molecule has 0 spiro atoms. The molecule has 24 rings (SSSR count). The molecule has 630 valence electrons. The number of hydrogen-bond acceptors (Lipinski definition) is 15. The van der Waals surface area contributed by atoms with Crippen LogP contribution in [0.2, 0.25) is 0 Å².